The van der Waals surface area contributed by atoms with Crippen molar-refractivity contribution in [3.05, 3.63) is 0 Å². The molecule has 29 heavy (non-hydrogen) atoms. The Balaban J connectivity index is 0.00000420. The number of nitrogens with one attached hydrogen (secondary N) is 2. The molecule has 2 heterocycles. The van der Waals surface area contributed by atoms with Crippen molar-refractivity contribution in [3.8, 4) is 0 Å². The van der Waals surface area contributed by atoms with E-state index < -0.39 is 5.60 Å². The minimum Gasteiger partial charge on any atom is -0.387 e. The van der Waals surface area contributed by atoms with Crippen molar-refractivity contribution in [3.63, 3.8) is 0 Å². The first kappa shape index (κ1) is 26.9. The number of rotatable bonds is 10. The highest BCUT2D eigenvalue weighted by atomic mass is 127. The number of likely N-dealkylation sites (tertiary alicyclic amines) is 1. The molecule has 0 aromatic heterocycles. The quantitative estimate of drug-likeness (QED) is 0.230. The smallest absolute Gasteiger partial charge is 0.191 e. The number of piperidine rings is 1. The van der Waals surface area contributed by atoms with Crippen LogP contribution in [0.1, 0.15) is 52.9 Å². The largest absolute Gasteiger partial charge is 0.387 e. The van der Waals surface area contributed by atoms with E-state index in [1.54, 1.807) is 0 Å². The fraction of sp³-hybridized carbons (Fsp3) is 0.952. The van der Waals surface area contributed by atoms with E-state index in [-0.39, 0.29) is 24.0 Å². The second-order valence-corrected chi connectivity index (χ2v) is 8.50. The lowest BCUT2D eigenvalue weighted by Crippen LogP contribution is -2.50. The van der Waals surface area contributed by atoms with Gasteiger partial charge in [0.05, 0.1) is 25.4 Å². The molecule has 2 unspecified atom stereocenters. The first-order chi connectivity index (χ1) is 13.5. The summed E-state index contributed by atoms with van der Waals surface area (Å²) in [4.78, 5) is 9.58. The SMILES string of the molecule is CCCCN1CCCCC1CNC(=NCC(C)(O)CN1CCOCC1)NCC.I. The van der Waals surface area contributed by atoms with Crippen molar-refractivity contribution in [1.82, 2.24) is 20.4 Å². The molecular formula is C21H44IN5O2. The number of hydrogen-bond donors (Lipinski definition) is 3. The Hall–Kier alpha value is -0.160. The summed E-state index contributed by atoms with van der Waals surface area (Å²) in [6, 6.07) is 0.581. The minimum atomic E-state index is -0.836. The number of hydrogen-bond acceptors (Lipinski definition) is 5. The lowest BCUT2D eigenvalue weighted by molar-refractivity contribution is -0.0180. The molecule has 0 amide bonds. The molecule has 0 aliphatic carbocycles. The summed E-state index contributed by atoms with van der Waals surface area (Å²) in [6.07, 6.45) is 6.41. The Morgan fingerprint density at radius 1 is 1.17 bits per heavy atom. The van der Waals surface area contributed by atoms with Gasteiger partial charge in [-0.1, -0.05) is 19.8 Å². The number of halogens is 1. The van der Waals surface area contributed by atoms with Gasteiger partial charge in [0.15, 0.2) is 5.96 Å². The van der Waals surface area contributed by atoms with E-state index in [9.17, 15) is 5.11 Å². The second-order valence-electron chi connectivity index (χ2n) is 8.50. The van der Waals surface area contributed by atoms with Crippen molar-refractivity contribution < 1.29 is 9.84 Å². The maximum Gasteiger partial charge on any atom is 0.191 e. The maximum atomic E-state index is 10.8. The summed E-state index contributed by atoms with van der Waals surface area (Å²) in [6.45, 7) is 14.7. The maximum absolute atomic E-state index is 10.8. The highest BCUT2D eigenvalue weighted by Gasteiger charge is 2.26. The Morgan fingerprint density at radius 3 is 2.62 bits per heavy atom. The molecule has 2 aliphatic rings. The molecule has 0 aromatic carbocycles. The summed E-state index contributed by atoms with van der Waals surface area (Å²) in [5.74, 6) is 0.811. The number of β-amino-alcohol motifs (C(OH)–C–C–N with tert-alkyl or cyclic N) is 1. The molecule has 2 fully saturated rings. The zero-order valence-corrected chi connectivity index (χ0v) is 21.1. The molecule has 2 saturated heterocycles. The monoisotopic (exact) mass is 525 g/mol. The van der Waals surface area contributed by atoms with E-state index >= 15 is 0 Å². The average Bonchev–Trinajstić information content (AvgIpc) is 2.69. The summed E-state index contributed by atoms with van der Waals surface area (Å²) in [7, 11) is 0. The normalized spacial score (nSPS) is 23.9. The number of aliphatic imine (C=N–C) groups is 1. The molecule has 3 N–H and O–H groups in total. The van der Waals surface area contributed by atoms with Crippen molar-refractivity contribution in [2.75, 3.05) is 65.6 Å². The lowest BCUT2D eigenvalue weighted by Gasteiger charge is -2.36. The van der Waals surface area contributed by atoms with Crippen LogP contribution in [0.3, 0.4) is 0 Å². The molecule has 0 bridgehead atoms. The van der Waals surface area contributed by atoms with Gasteiger partial charge in [-0.25, -0.2) is 0 Å². The molecule has 2 rings (SSSR count). The summed E-state index contributed by atoms with van der Waals surface area (Å²) < 4.78 is 5.39. The number of aliphatic hydroxyl groups is 1. The Bertz CT molecular complexity index is 458. The molecule has 0 saturated carbocycles. The average molecular weight is 526 g/mol. The van der Waals surface area contributed by atoms with Crippen molar-refractivity contribution in [1.29, 1.82) is 0 Å². The van der Waals surface area contributed by atoms with Gasteiger partial charge in [-0.15, -0.1) is 24.0 Å². The van der Waals surface area contributed by atoms with Gasteiger partial charge in [0.1, 0.15) is 0 Å². The Labute approximate surface area is 195 Å². The van der Waals surface area contributed by atoms with E-state index in [2.05, 4.69) is 34.3 Å². The molecule has 2 aliphatic heterocycles. The number of unbranched alkanes of at least 4 members (excludes halogenated alkanes) is 1. The van der Waals surface area contributed by atoms with E-state index in [1.165, 1.54) is 45.2 Å². The fourth-order valence-corrected chi connectivity index (χ4v) is 4.04. The van der Waals surface area contributed by atoms with Crippen LogP contribution in [-0.4, -0.2) is 98.1 Å². The van der Waals surface area contributed by atoms with Crippen LogP contribution >= 0.6 is 24.0 Å². The summed E-state index contributed by atoms with van der Waals surface area (Å²) >= 11 is 0. The molecule has 0 spiro atoms. The zero-order chi connectivity index (χ0) is 20.2. The van der Waals surface area contributed by atoms with Gasteiger partial charge < -0.3 is 20.5 Å². The molecule has 0 aromatic rings. The predicted molar refractivity (Wildman–Crippen MR) is 131 cm³/mol. The number of nitrogens with zero attached hydrogens (tertiary/aromatic N) is 3. The van der Waals surface area contributed by atoms with Crippen molar-refractivity contribution in [2.24, 2.45) is 4.99 Å². The molecule has 2 atom stereocenters. The minimum absolute atomic E-state index is 0. The van der Waals surface area contributed by atoms with E-state index in [1.807, 2.05) is 6.92 Å². The topological polar surface area (TPSA) is 72.4 Å². The van der Waals surface area contributed by atoms with Crippen LogP contribution in [0.25, 0.3) is 0 Å². The number of ether oxygens (including phenoxy) is 1. The number of guanidine groups is 1. The second kappa shape index (κ2) is 14.8. The van der Waals surface area contributed by atoms with Crippen molar-refractivity contribution >= 4 is 29.9 Å². The molecule has 7 nitrogen and oxygen atoms in total. The summed E-state index contributed by atoms with van der Waals surface area (Å²) in [5.41, 5.74) is -0.836. The molecule has 172 valence electrons. The van der Waals surface area contributed by atoms with E-state index in [0.717, 1.165) is 45.4 Å². The molecule has 8 heteroatoms. The highest BCUT2D eigenvalue weighted by Crippen LogP contribution is 2.17. The third-order valence-corrected chi connectivity index (χ3v) is 5.64. The first-order valence-electron chi connectivity index (χ1n) is 11.3. The van der Waals surface area contributed by atoms with Gasteiger partial charge in [-0.2, -0.15) is 0 Å². The molecule has 0 radical (unpaired) electrons. The first-order valence-corrected chi connectivity index (χ1v) is 11.3. The van der Waals surface area contributed by atoms with Gasteiger partial charge in [-0.3, -0.25) is 14.8 Å². The van der Waals surface area contributed by atoms with Crippen LogP contribution in [0.5, 0.6) is 0 Å². The third-order valence-electron chi connectivity index (χ3n) is 5.64. The summed E-state index contributed by atoms with van der Waals surface area (Å²) in [5, 5.41) is 17.6. The fourth-order valence-electron chi connectivity index (χ4n) is 4.04. The van der Waals surface area contributed by atoms with Crippen LogP contribution in [0.15, 0.2) is 4.99 Å². The third kappa shape index (κ3) is 10.6. The van der Waals surface area contributed by atoms with Crippen LogP contribution in [0.4, 0.5) is 0 Å². The van der Waals surface area contributed by atoms with Gasteiger partial charge >= 0.3 is 0 Å². The Kier molecular flexibility index (Phi) is 13.7. The van der Waals surface area contributed by atoms with E-state index in [0.29, 0.717) is 19.1 Å². The number of morpholine rings is 1. The van der Waals surface area contributed by atoms with Gasteiger partial charge in [0, 0.05) is 38.8 Å². The highest BCUT2D eigenvalue weighted by molar-refractivity contribution is 14.0. The standard InChI is InChI=1S/C21H43N5O2.HI/c1-4-6-10-26-11-8-7-9-19(26)16-23-20(22-5-2)24-17-21(3,27)18-25-12-14-28-15-13-25;/h19,27H,4-18H2,1-3H3,(H2,22,23,24);1H. The van der Waals surface area contributed by atoms with Gasteiger partial charge in [0.2, 0.25) is 0 Å². The van der Waals surface area contributed by atoms with Gasteiger partial charge in [-0.05, 0) is 46.2 Å². The van der Waals surface area contributed by atoms with E-state index in [4.69, 9.17) is 9.73 Å². The lowest BCUT2D eigenvalue weighted by atomic mass is 10.0. The van der Waals surface area contributed by atoms with Crippen LogP contribution in [0.2, 0.25) is 0 Å². The van der Waals surface area contributed by atoms with Crippen LogP contribution < -0.4 is 10.6 Å². The van der Waals surface area contributed by atoms with Gasteiger partial charge in [0.25, 0.3) is 0 Å². The zero-order valence-electron chi connectivity index (χ0n) is 18.8. The molecular weight excluding hydrogens is 481 g/mol. The Morgan fingerprint density at radius 2 is 1.93 bits per heavy atom. The predicted octanol–water partition coefficient (Wildman–Crippen LogP) is 1.90. The van der Waals surface area contributed by atoms with Crippen LogP contribution in [-0.2, 0) is 4.74 Å². The van der Waals surface area contributed by atoms with Crippen molar-refractivity contribution in [2.45, 2.75) is 64.5 Å². The van der Waals surface area contributed by atoms with Crippen LogP contribution in [0, 0.1) is 0 Å².